The molecule has 2 aliphatic heterocycles. The first-order chi connectivity index (χ1) is 38.6. The van der Waals surface area contributed by atoms with Gasteiger partial charge in [0.05, 0.1) is 26.4 Å². The number of hydrogen-bond donors (Lipinski definition) is 2. The lowest BCUT2D eigenvalue weighted by atomic mass is 9.99. The van der Waals surface area contributed by atoms with Gasteiger partial charge in [0.2, 0.25) is 23.6 Å². The van der Waals surface area contributed by atoms with Crippen molar-refractivity contribution >= 4 is 23.6 Å². The lowest BCUT2D eigenvalue weighted by Gasteiger charge is -2.35. The Hall–Kier alpha value is -3.32. The molecule has 2 unspecified atom stereocenters. The van der Waals surface area contributed by atoms with E-state index < -0.39 is 12.1 Å². The molecule has 2 saturated heterocycles. The summed E-state index contributed by atoms with van der Waals surface area (Å²) in [5, 5.41) is 6.44. The quantitative estimate of drug-likeness (QED) is 0.0456. The summed E-state index contributed by atoms with van der Waals surface area (Å²) in [5.41, 5.74) is 0. The highest BCUT2D eigenvalue weighted by atomic mass is 16.5. The summed E-state index contributed by atoms with van der Waals surface area (Å²) in [6.45, 7) is 23.5. The number of morpholine rings is 2. The summed E-state index contributed by atoms with van der Waals surface area (Å²) in [7, 11) is 0. The van der Waals surface area contributed by atoms with Gasteiger partial charge in [-0.25, -0.2) is 0 Å². The lowest BCUT2D eigenvalue weighted by Crippen LogP contribution is -2.53. The summed E-state index contributed by atoms with van der Waals surface area (Å²) in [5.74, 6) is 0.109. The van der Waals surface area contributed by atoms with E-state index in [9.17, 15) is 19.2 Å². The van der Waals surface area contributed by atoms with E-state index in [4.69, 9.17) is 9.47 Å². The van der Waals surface area contributed by atoms with Gasteiger partial charge in [0, 0.05) is 78.3 Å². The number of nitrogens with zero attached hydrogens (tertiary/aromatic N) is 4. The Balaban J connectivity index is 1.80. The van der Waals surface area contributed by atoms with Gasteiger partial charge in [-0.05, 0) is 115 Å². The van der Waals surface area contributed by atoms with Crippen LogP contribution < -0.4 is 10.6 Å². The molecule has 0 spiro atoms. The van der Waals surface area contributed by atoms with Crippen molar-refractivity contribution < 1.29 is 28.7 Å². The van der Waals surface area contributed by atoms with E-state index in [0.29, 0.717) is 39.0 Å². The molecule has 0 aromatic rings. The van der Waals surface area contributed by atoms with E-state index in [1.165, 1.54) is 77.0 Å². The second-order valence-corrected chi connectivity index (χ2v) is 23.5. The van der Waals surface area contributed by atoms with Gasteiger partial charge >= 0.3 is 0 Å². The van der Waals surface area contributed by atoms with Gasteiger partial charge in [0.15, 0.2) is 0 Å². The number of amides is 4. The van der Waals surface area contributed by atoms with Crippen LogP contribution in [0.3, 0.4) is 0 Å². The fourth-order valence-corrected chi connectivity index (χ4v) is 10.9. The van der Waals surface area contributed by atoms with Crippen LogP contribution in [0.1, 0.15) is 241 Å². The average Bonchev–Trinajstić information content (AvgIpc) is 3.45. The molecular formula is C67H122N6O6. The van der Waals surface area contributed by atoms with Crippen molar-refractivity contribution in [2.45, 2.75) is 253 Å². The molecular weight excluding hydrogens is 985 g/mol. The van der Waals surface area contributed by atoms with Crippen LogP contribution in [0, 0.1) is 11.8 Å². The Kier molecular flexibility index (Phi) is 45.8. The van der Waals surface area contributed by atoms with Crippen LogP contribution in [-0.4, -0.2) is 147 Å². The smallest absolute Gasteiger partial charge is 0.243 e. The first-order valence-electron chi connectivity index (χ1n) is 32.9. The summed E-state index contributed by atoms with van der Waals surface area (Å²) in [6.07, 6.45) is 50.9. The molecule has 2 rings (SSSR count). The minimum Gasteiger partial charge on any atom is -0.379 e. The SMILES string of the molecule is CCCCC/C=C\C/C=C\CCCCCCCC(=O)N(CCCN1CCOCC1)C(C(=O)NCCCCCCCNC(=O)C(C(C)C)N(CCCN1CCOCC1)C(=O)CCCCCCC/C=C\C/C=C\CCCCC)C(C)C. The fraction of sp³-hybridized carbons (Fsp3) is 0.821. The van der Waals surface area contributed by atoms with E-state index in [-0.39, 0.29) is 35.5 Å². The maximum Gasteiger partial charge on any atom is 0.243 e. The molecule has 456 valence electrons. The van der Waals surface area contributed by atoms with Crippen molar-refractivity contribution in [2.75, 3.05) is 91.9 Å². The zero-order valence-electron chi connectivity index (χ0n) is 52.0. The number of ether oxygens (including phenoxy) is 2. The molecule has 2 heterocycles. The Morgan fingerprint density at radius 1 is 0.418 bits per heavy atom. The Morgan fingerprint density at radius 2 is 0.734 bits per heavy atom. The third-order valence-corrected chi connectivity index (χ3v) is 15.7. The third kappa shape index (κ3) is 37.4. The Bertz CT molecular complexity index is 1500. The molecule has 0 aliphatic carbocycles. The van der Waals surface area contributed by atoms with E-state index in [1.807, 2.05) is 9.80 Å². The van der Waals surface area contributed by atoms with E-state index >= 15 is 0 Å². The van der Waals surface area contributed by atoms with E-state index in [2.05, 4.69) is 111 Å². The predicted octanol–water partition coefficient (Wildman–Crippen LogP) is 13.9. The van der Waals surface area contributed by atoms with Crippen molar-refractivity contribution in [2.24, 2.45) is 11.8 Å². The first kappa shape index (κ1) is 71.8. The maximum absolute atomic E-state index is 14.0. The summed E-state index contributed by atoms with van der Waals surface area (Å²) in [4.78, 5) is 64.4. The second-order valence-electron chi connectivity index (χ2n) is 23.5. The van der Waals surface area contributed by atoms with Gasteiger partial charge in [-0.1, -0.05) is 174 Å². The predicted molar refractivity (Wildman–Crippen MR) is 332 cm³/mol. The van der Waals surface area contributed by atoms with Crippen LogP contribution >= 0.6 is 0 Å². The monoisotopic (exact) mass is 1110 g/mol. The van der Waals surface area contributed by atoms with Crippen molar-refractivity contribution in [3.8, 4) is 0 Å². The number of carbonyl (C=O) groups excluding carboxylic acids is 4. The lowest BCUT2D eigenvalue weighted by molar-refractivity contribution is -0.142. The topological polar surface area (TPSA) is 124 Å². The molecule has 0 radical (unpaired) electrons. The molecule has 2 atom stereocenters. The van der Waals surface area contributed by atoms with Gasteiger partial charge in [-0.3, -0.25) is 29.0 Å². The fourth-order valence-electron chi connectivity index (χ4n) is 10.9. The summed E-state index contributed by atoms with van der Waals surface area (Å²) < 4.78 is 11.1. The highest BCUT2D eigenvalue weighted by Gasteiger charge is 2.33. The molecule has 0 saturated carbocycles. The van der Waals surface area contributed by atoms with Gasteiger partial charge in [0.1, 0.15) is 12.1 Å². The van der Waals surface area contributed by atoms with Crippen LogP contribution in [-0.2, 0) is 28.7 Å². The molecule has 12 nitrogen and oxygen atoms in total. The van der Waals surface area contributed by atoms with Crippen LogP contribution in [0.5, 0.6) is 0 Å². The normalized spacial score (nSPS) is 15.6. The second kappa shape index (κ2) is 50.4. The van der Waals surface area contributed by atoms with Crippen LogP contribution in [0.15, 0.2) is 48.6 Å². The number of hydrogen-bond acceptors (Lipinski definition) is 8. The highest BCUT2D eigenvalue weighted by Crippen LogP contribution is 2.20. The molecule has 79 heavy (non-hydrogen) atoms. The van der Waals surface area contributed by atoms with Crippen molar-refractivity contribution in [3.05, 3.63) is 48.6 Å². The third-order valence-electron chi connectivity index (χ3n) is 15.7. The molecule has 0 aromatic heterocycles. The Labute approximate surface area is 485 Å². The molecule has 0 aromatic carbocycles. The van der Waals surface area contributed by atoms with Gasteiger partial charge in [-0.2, -0.15) is 0 Å². The number of unbranched alkanes of at least 4 members (excludes halogenated alkanes) is 20. The minimum absolute atomic E-state index is 0.00158. The number of nitrogens with one attached hydrogen (secondary N) is 2. The van der Waals surface area contributed by atoms with E-state index in [0.717, 1.165) is 175 Å². The Morgan fingerprint density at radius 3 is 1.08 bits per heavy atom. The number of allylic oxidation sites excluding steroid dienone is 8. The van der Waals surface area contributed by atoms with Crippen LogP contribution in [0.25, 0.3) is 0 Å². The minimum atomic E-state index is -0.491. The number of rotatable bonds is 50. The summed E-state index contributed by atoms with van der Waals surface area (Å²) >= 11 is 0. The number of carbonyl (C=O) groups is 4. The molecule has 2 N–H and O–H groups in total. The molecule has 12 heteroatoms. The maximum atomic E-state index is 14.0. The van der Waals surface area contributed by atoms with Crippen molar-refractivity contribution in [1.29, 1.82) is 0 Å². The standard InChI is InChI=1S/C67H122N6O6/c1-7-9-11-13-15-17-19-21-23-25-27-29-31-34-38-44-62(74)72(50-42-48-70-52-56-78-57-53-70)64(60(3)4)66(76)68-46-40-36-33-37-41-47-69-67(77)65(61(5)6)73(51-43-49-71-54-58-79-59-55-71)63(75)45-39-35-32-30-28-26-24-22-20-18-16-14-12-10-8-2/h15-18,21-24,60-61,64-65H,7-14,19-20,25-59H2,1-6H3,(H,68,76)(H,69,77)/b17-15-,18-16-,23-21-,24-22-. The zero-order valence-corrected chi connectivity index (χ0v) is 52.0. The van der Waals surface area contributed by atoms with Gasteiger partial charge < -0.3 is 29.9 Å². The molecule has 0 bridgehead atoms. The van der Waals surface area contributed by atoms with E-state index in [1.54, 1.807) is 0 Å². The van der Waals surface area contributed by atoms with Gasteiger partial charge in [0.25, 0.3) is 0 Å². The molecule has 2 aliphatic rings. The van der Waals surface area contributed by atoms with Crippen molar-refractivity contribution in [3.63, 3.8) is 0 Å². The molecule has 4 amide bonds. The van der Waals surface area contributed by atoms with Crippen LogP contribution in [0.2, 0.25) is 0 Å². The van der Waals surface area contributed by atoms with Crippen LogP contribution in [0.4, 0.5) is 0 Å². The molecule has 2 fully saturated rings. The summed E-state index contributed by atoms with van der Waals surface area (Å²) in [6, 6.07) is -0.982. The first-order valence-corrected chi connectivity index (χ1v) is 32.9. The largest absolute Gasteiger partial charge is 0.379 e. The highest BCUT2D eigenvalue weighted by molar-refractivity contribution is 5.88. The van der Waals surface area contributed by atoms with Crippen molar-refractivity contribution in [1.82, 2.24) is 30.2 Å². The zero-order chi connectivity index (χ0) is 57.2. The average molecular weight is 1110 g/mol. The van der Waals surface area contributed by atoms with Gasteiger partial charge in [-0.15, -0.1) is 0 Å².